The predicted molar refractivity (Wildman–Crippen MR) is 61.8 cm³/mol. The Kier molecular flexibility index (Phi) is 3.73. The van der Waals surface area contributed by atoms with E-state index in [4.69, 9.17) is 4.74 Å². The summed E-state index contributed by atoms with van der Waals surface area (Å²) >= 11 is 0. The van der Waals surface area contributed by atoms with Crippen molar-refractivity contribution in [3.8, 4) is 0 Å². The fourth-order valence-corrected chi connectivity index (χ4v) is 1.72. The van der Waals surface area contributed by atoms with Gasteiger partial charge in [-0.2, -0.15) is 0 Å². The fraction of sp³-hybridized carbons (Fsp3) is 0.727. The monoisotopic (exact) mass is 238 g/mol. The Balaban J connectivity index is 1.85. The average molecular weight is 238 g/mol. The zero-order valence-electron chi connectivity index (χ0n) is 10.2. The maximum absolute atomic E-state index is 11.7. The predicted octanol–water partition coefficient (Wildman–Crippen LogP) is 0.837. The third-order valence-corrected chi connectivity index (χ3v) is 2.77. The minimum atomic E-state index is -0.247. The number of rotatable bonds is 4. The van der Waals surface area contributed by atoms with Gasteiger partial charge in [0.25, 0.3) is 5.91 Å². The first kappa shape index (κ1) is 12.0. The van der Waals surface area contributed by atoms with Crippen LogP contribution in [-0.4, -0.2) is 40.3 Å². The molecule has 0 spiro atoms. The lowest BCUT2D eigenvalue weighted by atomic mass is 10.2. The van der Waals surface area contributed by atoms with Crippen molar-refractivity contribution in [1.29, 1.82) is 0 Å². The van der Waals surface area contributed by atoms with Crippen molar-refractivity contribution < 1.29 is 9.53 Å². The maximum Gasteiger partial charge on any atom is 0.291 e. The molecule has 1 aliphatic rings. The first-order chi connectivity index (χ1) is 8.16. The summed E-state index contributed by atoms with van der Waals surface area (Å²) in [6.07, 6.45) is 2.21. The average Bonchev–Trinajstić information content (AvgIpc) is 2.96. The van der Waals surface area contributed by atoms with Crippen LogP contribution in [0, 0.1) is 0 Å². The van der Waals surface area contributed by atoms with Gasteiger partial charge in [0.1, 0.15) is 5.82 Å². The molecule has 1 fully saturated rings. The zero-order valence-corrected chi connectivity index (χ0v) is 10.2. The molecule has 1 atom stereocenters. The van der Waals surface area contributed by atoms with E-state index in [1.165, 1.54) is 0 Å². The number of carbonyl (C=O) groups is 1. The summed E-state index contributed by atoms with van der Waals surface area (Å²) in [6, 6.07) is 0. The van der Waals surface area contributed by atoms with Crippen LogP contribution in [0.5, 0.6) is 0 Å². The van der Waals surface area contributed by atoms with Crippen LogP contribution in [0.15, 0.2) is 0 Å². The number of aromatic amines is 1. The Morgan fingerprint density at radius 1 is 1.65 bits per heavy atom. The lowest BCUT2D eigenvalue weighted by Crippen LogP contribution is -2.32. The van der Waals surface area contributed by atoms with Gasteiger partial charge in [-0.15, -0.1) is 5.10 Å². The maximum atomic E-state index is 11.7. The van der Waals surface area contributed by atoms with Crippen LogP contribution in [0.1, 0.15) is 49.1 Å². The molecule has 0 saturated carbocycles. The molecule has 94 valence electrons. The van der Waals surface area contributed by atoms with Crippen LogP contribution in [0.25, 0.3) is 0 Å². The highest BCUT2D eigenvalue weighted by molar-refractivity contribution is 5.90. The highest BCUT2D eigenvalue weighted by Crippen LogP contribution is 2.11. The Labute approximate surface area is 100 Å². The molecule has 0 aliphatic carbocycles. The zero-order chi connectivity index (χ0) is 12.3. The van der Waals surface area contributed by atoms with Crippen molar-refractivity contribution in [2.75, 3.05) is 13.2 Å². The molecular weight excluding hydrogens is 220 g/mol. The minimum absolute atomic E-state index is 0.141. The number of carbonyl (C=O) groups excluding carboxylic acids is 1. The number of hydrogen-bond donors (Lipinski definition) is 2. The van der Waals surface area contributed by atoms with E-state index in [0.29, 0.717) is 6.54 Å². The second kappa shape index (κ2) is 5.27. The second-order valence-corrected chi connectivity index (χ2v) is 4.54. The SMILES string of the molecule is CC(C)c1nc(C(=O)NCC2CCCO2)n[nH]1. The van der Waals surface area contributed by atoms with E-state index in [2.05, 4.69) is 20.5 Å². The van der Waals surface area contributed by atoms with Crippen LogP contribution < -0.4 is 5.32 Å². The van der Waals surface area contributed by atoms with Gasteiger partial charge in [0, 0.05) is 19.1 Å². The summed E-state index contributed by atoms with van der Waals surface area (Å²) in [5, 5.41) is 9.44. The number of hydrogen-bond acceptors (Lipinski definition) is 4. The van der Waals surface area contributed by atoms with Gasteiger partial charge >= 0.3 is 0 Å². The Bertz CT molecular complexity index is 383. The van der Waals surface area contributed by atoms with Crippen molar-refractivity contribution in [1.82, 2.24) is 20.5 Å². The highest BCUT2D eigenvalue weighted by Gasteiger charge is 2.18. The van der Waals surface area contributed by atoms with E-state index in [-0.39, 0.29) is 23.8 Å². The van der Waals surface area contributed by atoms with Crippen molar-refractivity contribution in [2.45, 2.75) is 38.7 Å². The molecule has 1 aromatic heterocycles. The third kappa shape index (κ3) is 3.03. The molecule has 6 heteroatoms. The largest absolute Gasteiger partial charge is 0.376 e. The molecular formula is C11H18N4O2. The number of H-pyrrole nitrogens is 1. The third-order valence-electron chi connectivity index (χ3n) is 2.77. The summed E-state index contributed by atoms with van der Waals surface area (Å²) in [5.74, 6) is 0.921. The smallest absolute Gasteiger partial charge is 0.291 e. The van der Waals surface area contributed by atoms with Crippen molar-refractivity contribution in [3.63, 3.8) is 0 Å². The molecule has 1 aromatic rings. The van der Waals surface area contributed by atoms with Gasteiger partial charge in [0.15, 0.2) is 0 Å². The summed E-state index contributed by atoms with van der Waals surface area (Å²) in [6.45, 7) is 5.31. The molecule has 6 nitrogen and oxygen atoms in total. The molecule has 0 aromatic carbocycles. The second-order valence-electron chi connectivity index (χ2n) is 4.54. The Morgan fingerprint density at radius 2 is 2.47 bits per heavy atom. The molecule has 2 rings (SSSR count). The molecule has 1 amide bonds. The van der Waals surface area contributed by atoms with Gasteiger partial charge in [0.05, 0.1) is 6.10 Å². The highest BCUT2D eigenvalue weighted by atomic mass is 16.5. The van der Waals surface area contributed by atoms with E-state index in [9.17, 15) is 4.79 Å². The molecule has 1 unspecified atom stereocenters. The Hall–Kier alpha value is -1.43. The standard InChI is InChI=1S/C11H18N4O2/c1-7(2)9-13-10(15-14-9)11(16)12-6-8-4-3-5-17-8/h7-8H,3-6H2,1-2H3,(H,12,16)(H,13,14,15). The van der Waals surface area contributed by atoms with Crippen LogP contribution in [0.2, 0.25) is 0 Å². The molecule has 17 heavy (non-hydrogen) atoms. The van der Waals surface area contributed by atoms with E-state index >= 15 is 0 Å². The van der Waals surface area contributed by atoms with E-state index in [1.807, 2.05) is 13.8 Å². The molecule has 2 heterocycles. The lowest BCUT2D eigenvalue weighted by Gasteiger charge is -2.08. The topological polar surface area (TPSA) is 79.9 Å². The number of amides is 1. The first-order valence-electron chi connectivity index (χ1n) is 5.99. The van der Waals surface area contributed by atoms with E-state index in [1.54, 1.807) is 0 Å². The van der Waals surface area contributed by atoms with Gasteiger partial charge in [-0.3, -0.25) is 9.89 Å². The van der Waals surface area contributed by atoms with Gasteiger partial charge in [-0.05, 0) is 12.8 Å². The summed E-state index contributed by atoms with van der Waals surface area (Å²) < 4.78 is 5.42. The van der Waals surface area contributed by atoms with Crippen molar-refractivity contribution >= 4 is 5.91 Å². The summed E-state index contributed by atoms with van der Waals surface area (Å²) in [5.41, 5.74) is 0. The van der Waals surface area contributed by atoms with Crippen LogP contribution >= 0.6 is 0 Å². The number of nitrogens with zero attached hydrogens (tertiary/aromatic N) is 2. The van der Waals surface area contributed by atoms with Gasteiger partial charge < -0.3 is 10.1 Å². The van der Waals surface area contributed by atoms with Gasteiger partial charge in [-0.1, -0.05) is 13.8 Å². The summed E-state index contributed by atoms with van der Waals surface area (Å²) in [7, 11) is 0. The van der Waals surface area contributed by atoms with Gasteiger partial charge in [-0.25, -0.2) is 4.98 Å². The van der Waals surface area contributed by atoms with E-state index < -0.39 is 0 Å². The summed E-state index contributed by atoms with van der Waals surface area (Å²) in [4.78, 5) is 15.9. The minimum Gasteiger partial charge on any atom is -0.376 e. The number of ether oxygens (including phenoxy) is 1. The molecule has 1 saturated heterocycles. The van der Waals surface area contributed by atoms with Gasteiger partial charge in [0.2, 0.25) is 5.82 Å². The van der Waals surface area contributed by atoms with Crippen LogP contribution in [0.3, 0.4) is 0 Å². The first-order valence-corrected chi connectivity index (χ1v) is 5.99. The normalized spacial score (nSPS) is 19.8. The van der Waals surface area contributed by atoms with Crippen LogP contribution in [0.4, 0.5) is 0 Å². The van der Waals surface area contributed by atoms with Crippen molar-refractivity contribution in [3.05, 3.63) is 11.6 Å². The lowest BCUT2D eigenvalue weighted by molar-refractivity contribution is 0.0849. The molecule has 2 N–H and O–H groups in total. The fourth-order valence-electron chi connectivity index (χ4n) is 1.72. The van der Waals surface area contributed by atoms with Crippen LogP contribution in [-0.2, 0) is 4.74 Å². The van der Waals surface area contributed by atoms with E-state index in [0.717, 1.165) is 25.3 Å². The Morgan fingerprint density at radius 3 is 3.06 bits per heavy atom. The number of aromatic nitrogens is 3. The van der Waals surface area contributed by atoms with Crippen molar-refractivity contribution in [2.24, 2.45) is 0 Å². The molecule has 0 radical (unpaired) electrons. The quantitative estimate of drug-likeness (QED) is 0.814. The number of nitrogens with one attached hydrogen (secondary N) is 2. The molecule has 1 aliphatic heterocycles. The molecule has 0 bridgehead atoms.